The van der Waals surface area contributed by atoms with Crippen LogP contribution in [0.2, 0.25) is 0 Å². The average Bonchev–Trinajstić information content (AvgIpc) is 2.98. The topological polar surface area (TPSA) is 84.6 Å². The van der Waals surface area contributed by atoms with Gasteiger partial charge in [0.1, 0.15) is 5.75 Å². The van der Waals surface area contributed by atoms with Crippen molar-refractivity contribution in [1.29, 1.82) is 0 Å². The minimum absolute atomic E-state index is 0. The number of nitrogens with zero attached hydrogens (tertiary/aromatic N) is 3. The van der Waals surface area contributed by atoms with Gasteiger partial charge in [-0.05, 0) is 32.4 Å². The second-order valence-corrected chi connectivity index (χ2v) is 5.38. The van der Waals surface area contributed by atoms with Gasteiger partial charge in [-0.15, -0.1) is 24.0 Å². The van der Waals surface area contributed by atoms with Crippen LogP contribution in [0.25, 0.3) is 0 Å². The molecule has 0 saturated carbocycles. The first-order chi connectivity index (χ1) is 11.6. The van der Waals surface area contributed by atoms with Crippen molar-refractivity contribution >= 4 is 29.9 Å². The van der Waals surface area contributed by atoms with E-state index in [0.717, 1.165) is 11.3 Å². The molecule has 2 rings (SSSR count). The zero-order chi connectivity index (χ0) is 17.4. The second-order valence-electron chi connectivity index (χ2n) is 5.38. The minimum Gasteiger partial charge on any atom is -0.494 e. The number of aromatic nitrogens is 2. The number of halogens is 1. The molecule has 1 heterocycles. The summed E-state index contributed by atoms with van der Waals surface area (Å²) in [6.07, 6.45) is 0.649. The number of aryl methyl sites for hydroxylation is 2. The number of rotatable bonds is 7. The summed E-state index contributed by atoms with van der Waals surface area (Å²) in [6, 6.07) is 6.20. The highest BCUT2D eigenvalue weighted by Crippen LogP contribution is 2.20. The van der Waals surface area contributed by atoms with Crippen LogP contribution < -0.4 is 15.4 Å². The van der Waals surface area contributed by atoms with Crippen LogP contribution in [0.1, 0.15) is 29.8 Å². The van der Waals surface area contributed by atoms with Crippen LogP contribution in [0.3, 0.4) is 0 Å². The van der Waals surface area contributed by atoms with Gasteiger partial charge in [-0.25, -0.2) is 0 Å². The van der Waals surface area contributed by atoms with Crippen LogP contribution in [0.5, 0.6) is 5.75 Å². The fourth-order valence-electron chi connectivity index (χ4n) is 2.23. The maximum Gasteiger partial charge on any atom is 0.228 e. The maximum atomic E-state index is 5.70. The van der Waals surface area contributed by atoms with Gasteiger partial charge in [-0.1, -0.05) is 17.3 Å². The summed E-state index contributed by atoms with van der Waals surface area (Å²) in [5.41, 5.74) is 2.28. The Labute approximate surface area is 165 Å². The van der Waals surface area contributed by atoms with Crippen LogP contribution in [0.4, 0.5) is 0 Å². The van der Waals surface area contributed by atoms with Gasteiger partial charge in [0, 0.05) is 32.1 Å². The van der Waals surface area contributed by atoms with Gasteiger partial charge < -0.3 is 19.9 Å². The Morgan fingerprint density at radius 2 is 2.08 bits per heavy atom. The number of ether oxygens (including phenoxy) is 1. The summed E-state index contributed by atoms with van der Waals surface area (Å²) in [5.74, 6) is 2.89. The van der Waals surface area contributed by atoms with Crippen LogP contribution in [-0.4, -0.2) is 36.3 Å². The molecular weight excluding hydrogens is 433 g/mol. The maximum absolute atomic E-state index is 5.70. The summed E-state index contributed by atoms with van der Waals surface area (Å²) >= 11 is 0. The van der Waals surface area contributed by atoms with Crippen molar-refractivity contribution in [3.63, 3.8) is 0 Å². The standard InChI is InChI=1S/C17H25N5O2.HI/c1-5-23-15-10-12(2)6-7-14(15)11-20-17(18-4)19-9-8-16-21-13(3)22-24-16;/h6-7,10H,5,8-9,11H2,1-4H3,(H2,18,19,20);1H. The highest BCUT2D eigenvalue weighted by molar-refractivity contribution is 14.0. The molecule has 1 aromatic heterocycles. The highest BCUT2D eigenvalue weighted by Gasteiger charge is 2.06. The van der Waals surface area contributed by atoms with Gasteiger partial charge in [0.15, 0.2) is 11.8 Å². The Bertz CT molecular complexity index is 687. The Morgan fingerprint density at radius 3 is 2.72 bits per heavy atom. The predicted molar refractivity (Wildman–Crippen MR) is 109 cm³/mol. The third kappa shape index (κ3) is 6.89. The van der Waals surface area contributed by atoms with Crippen molar-refractivity contribution in [2.75, 3.05) is 20.2 Å². The van der Waals surface area contributed by atoms with Crippen molar-refractivity contribution in [2.24, 2.45) is 4.99 Å². The number of hydrogen-bond donors (Lipinski definition) is 2. The summed E-state index contributed by atoms with van der Waals surface area (Å²) in [6.45, 7) is 7.78. The highest BCUT2D eigenvalue weighted by atomic mass is 127. The summed E-state index contributed by atoms with van der Waals surface area (Å²) in [7, 11) is 1.74. The van der Waals surface area contributed by atoms with E-state index in [1.807, 2.05) is 6.92 Å². The van der Waals surface area contributed by atoms with Gasteiger partial charge in [0.2, 0.25) is 5.89 Å². The monoisotopic (exact) mass is 459 g/mol. The van der Waals surface area contributed by atoms with Crippen molar-refractivity contribution in [1.82, 2.24) is 20.8 Å². The third-order valence-corrected chi connectivity index (χ3v) is 3.39. The number of aliphatic imine (C=N–C) groups is 1. The van der Waals surface area contributed by atoms with E-state index in [1.54, 1.807) is 14.0 Å². The van der Waals surface area contributed by atoms with E-state index in [0.29, 0.717) is 43.8 Å². The summed E-state index contributed by atoms with van der Waals surface area (Å²) in [4.78, 5) is 8.39. The molecule has 0 atom stereocenters. The van der Waals surface area contributed by atoms with E-state index in [4.69, 9.17) is 9.26 Å². The summed E-state index contributed by atoms with van der Waals surface area (Å²) < 4.78 is 10.8. The average molecular weight is 459 g/mol. The molecule has 0 spiro atoms. The van der Waals surface area contributed by atoms with E-state index in [9.17, 15) is 0 Å². The Balaban J connectivity index is 0.00000312. The lowest BCUT2D eigenvalue weighted by Gasteiger charge is -2.14. The van der Waals surface area contributed by atoms with Gasteiger partial charge >= 0.3 is 0 Å². The molecular formula is C17H26IN5O2. The lowest BCUT2D eigenvalue weighted by atomic mass is 10.1. The first kappa shape index (κ1) is 21.2. The van der Waals surface area contributed by atoms with Crippen LogP contribution in [0.15, 0.2) is 27.7 Å². The third-order valence-electron chi connectivity index (χ3n) is 3.39. The van der Waals surface area contributed by atoms with E-state index in [-0.39, 0.29) is 24.0 Å². The molecule has 0 aliphatic heterocycles. The van der Waals surface area contributed by atoms with Crippen LogP contribution in [-0.2, 0) is 13.0 Å². The molecule has 1 aromatic carbocycles. The molecule has 0 bridgehead atoms. The molecule has 8 heteroatoms. The molecule has 2 N–H and O–H groups in total. The first-order valence-corrected chi connectivity index (χ1v) is 8.08. The summed E-state index contributed by atoms with van der Waals surface area (Å²) in [5, 5.41) is 10.3. The fraction of sp³-hybridized carbons (Fsp3) is 0.471. The lowest BCUT2D eigenvalue weighted by Crippen LogP contribution is -2.38. The molecule has 0 aliphatic carbocycles. The SMILES string of the molecule is CCOc1cc(C)ccc1CNC(=NC)NCCc1nc(C)no1.I. The number of nitrogens with one attached hydrogen (secondary N) is 2. The number of hydrogen-bond acceptors (Lipinski definition) is 5. The van der Waals surface area contributed by atoms with Gasteiger partial charge in [-0.2, -0.15) is 4.98 Å². The second kappa shape index (κ2) is 10.9. The number of benzene rings is 1. The normalized spacial score (nSPS) is 11.0. The van der Waals surface area contributed by atoms with E-state index >= 15 is 0 Å². The zero-order valence-corrected chi connectivity index (χ0v) is 17.5. The smallest absolute Gasteiger partial charge is 0.228 e. The van der Waals surface area contributed by atoms with Crippen LogP contribution >= 0.6 is 24.0 Å². The molecule has 138 valence electrons. The molecule has 7 nitrogen and oxygen atoms in total. The fourth-order valence-corrected chi connectivity index (χ4v) is 2.23. The Hall–Kier alpha value is -1.84. The molecule has 0 saturated heterocycles. The van der Waals surface area contributed by atoms with Crippen molar-refractivity contribution in [3.8, 4) is 5.75 Å². The van der Waals surface area contributed by atoms with Crippen LogP contribution in [0, 0.1) is 13.8 Å². The van der Waals surface area contributed by atoms with Crippen molar-refractivity contribution < 1.29 is 9.26 Å². The van der Waals surface area contributed by atoms with E-state index < -0.39 is 0 Å². The molecule has 0 fully saturated rings. The molecule has 0 amide bonds. The lowest BCUT2D eigenvalue weighted by molar-refractivity contribution is 0.336. The Kier molecular flexibility index (Phi) is 9.25. The molecule has 25 heavy (non-hydrogen) atoms. The molecule has 2 aromatic rings. The minimum atomic E-state index is 0. The molecule has 0 unspecified atom stereocenters. The zero-order valence-electron chi connectivity index (χ0n) is 15.1. The number of guanidine groups is 1. The molecule has 0 aliphatic rings. The molecule has 0 radical (unpaired) electrons. The van der Waals surface area contributed by atoms with Crippen molar-refractivity contribution in [2.45, 2.75) is 33.7 Å². The van der Waals surface area contributed by atoms with E-state index in [1.165, 1.54) is 5.56 Å². The van der Waals surface area contributed by atoms with Gasteiger partial charge in [-0.3, -0.25) is 4.99 Å². The largest absolute Gasteiger partial charge is 0.494 e. The van der Waals surface area contributed by atoms with Crippen molar-refractivity contribution in [3.05, 3.63) is 41.0 Å². The quantitative estimate of drug-likeness (QED) is 0.376. The van der Waals surface area contributed by atoms with E-state index in [2.05, 4.69) is 50.9 Å². The first-order valence-electron chi connectivity index (χ1n) is 8.08. The predicted octanol–water partition coefficient (Wildman–Crippen LogP) is 2.61. The van der Waals surface area contributed by atoms with Gasteiger partial charge in [0.25, 0.3) is 0 Å². The Morgan fingerprint density at radius 1 is 1.28 bits per heavy atom. The van der Waals surface area contributed by atoms with Gasteiger partial charge in [0.05, 0.1) is 6.61 Å².